The fourth-order valence-electron chi connectivity index (χ4n) is 1.98. The topological polar surface area (TPSA) is 62.8 Å². The molecule has 0 radical (unpaired) electrons. The van der Waals surface area contributed by atoms with Crippen molar-refractivity contribution in [2.45, 2.75) is 6.54 Å². The number of pyridine rings is 1. The monoisotopic (exact) mass is 254 g/mol. The summed E-state index contributed by atoms with van der Waals surface area (Å²) in [5, 5.41) is 12.2. The summed E-state index contributed by atoms with van der Waals surface area (Å²) in [5.74, 6) is 1.71. The van der Waals surface area contributed by atoms with Crippen LogP contribution in [0.5, 0.6) is 5.75 Å². The lowest BCUT2D eigenvalue weighted by atomic mass is 10.1. The number of aromatic nitrogens is 3. The predicted octanol–water partition coefficient (Wildman–Crippen LogP) is 2.58. The number of methoxy groups -OCH3 is 1. The van der Waals surface area contributed by atoms with Crippen LogP contribution in [0.25, 0.3) is 10.8 Å². The van der Waals surface area contributed by atoms with Crippen LogP contribution in [-0.4, -0.2) is 22.3 Å². The number of hydrogen-bond donors (Lipinski definition) is 2. The van der Waals surface area contributed by atoms with E-state index in [9.17, 15) is 0 Å². The summed E-state index contributed by atoms with van der Waals surface area (Å²) >= 11 is 0. The van der Waals surface area contributed by atoms with Crippen LogP contribution in [0.1, 0.15) is 5.56 Å². The zero-order chi connectivity index (χ0) is 13.1. The molecule has 5 heteroatoms. The smallest absolute Gasteiger partial charge is 0.134 e. The van der Waals surface area contributed by atoms with Crippen LogP contribution in [0.4, 0.5) is 5.82 Å². The van der Waals surface area contributed by atoms with Crippen LogP contribution in [0.3, 0.4) is 0 Å². The number of fused-ring (bicyclic) bond motifs is 1. The standard InChI is InChI=1S/C14H14N4O/c1-19-12-2-3-13-11(6-12)4-5-15-14(13)16-7-10-8-17-18-9-10/h2-6,8-9H,7H2,1H3,(H,15,16)(H,17,18). The Morgan fingerprint density at radius 3 is 3.05 bits per heavy atom. The van der Waals surface area contributed by atoms with Gasteiger partial charge in [0.05, 0.1) is 13.3 Å². The number of ether oxygens (including phenoxy) is 1. The number of H-pyrrole nitrogens is 1. The number of aromatic amines is 1. The van der Waals surface area contributed by atoms with Gasteiger partial charge in [-0.3, -0.25) is 5.10 Å². The Balaban J connectivity index is 1.90. The molecule has 2 N–H and O–H groups in total. The zero-order valence-corrected chi connectivity index (χ0v) is 10.6. The molecule has 0 fully saturated rings. The van der Waals surface area contributed by atoms with Gasteiger partial charge in [0.1, 0.15) is 11.6 Å². The maximum atomic E-state index is 5.23. The predicted molar refractivity (Wildman–Crippen MR) is 74.2 cm³/mol. The summed E-state index contributed by atoms with van der Waals surface area (Å²) in [6.07, 6.45) is 5.45. The maximum Gasteiger partial charge on any atom is 0.134 e. The summed E-state index contributed by atoms with van der Waals surface area (Å²) < 4.78 is 5.23. The highest BCUT2D eigenvalue weighted by Crippen LogP contribution is 2.25. The van der Waals surface area contributed by atoms with Crippen LogP contribution in [0, 0.1) is 0 Å². The van der Waals surface area contributed by atoms with Gasteiger partial charge >= 0.3 is 0 Å². The number of nitrogens with one attached hydrogen (secondary N) is 2. The molecule has 2 heterocycles. The minimum atomic E-state index is 0.689. The number of nitrogens with zero attached hydrogens (tertiary/aromatic N) is 2. The highest BCUT2D eigenvalue weighted by atomic mass is 16.5. The van der Waals surface area contributed by atoms with E-state index < -0.39 is 0 Å². The molecule has 0 aliphatic carbocycles. The number of rotatable bonds is 4. The molecule has 0 aliphatic rings. The second-order valence-corrected chi connectivity index (χ2v) is 4.21. The van der Waals surface area contributed by atoms with Gasteiger partial charge < -0.3 is 10.1 Å². The first-order valence-corrected chi connectivity index (χ1v) is 6.01. The molecule has 5 nitrogen and oxygen atoms in total. The highest BCUT2D eigenvalue weighted by molar-refractivity contribution is 5.92. The van der Waals surface area contributed by atoms with Gasteiger partial charge in [-0.1, -0.05) is 0 Å². The molecule has 1 aromatic carbocycles. The van der Waals surface area contributed by atoms with Gasteiger partial charge in [-0.2, -0.15) is 5.10 Å². The quantitative estimate of drug-likeness (QED) is 0.751. The Kier molecular flexibility index (Phi) is 3.02. The Bertz CT molecular complexity index is 679. The molecular weight excluding hydrogens is 240 g/mol. The third kappa shape index (κ3) is 2.35. The van der Waals surface area contributed by atoms with Crippen molar-refractivity contribution in [3.05, 3.63) is 48.4 Å². The minimum Gasteiger partial charge on any atom is -0.497 e. The van der Waals surface area contributed by atoms with E-state index in [0.717, 1.165) is 27.9 Å². The van der Waals surface area contributed by atoms with Crippen molar-refractivity contribution in [2.75, 3.05) is 12.4 Å². The molecule has 0 aliphatic heterocycles. The first kappa shape index (κ1) is 11.5. The first-order valence-electron chi connectivity index (χ1n) is 6.01. The van der Waals surface area contributed by atoms with E-state index in [-0.39, 0.29) is 0 Å². The average Bonchev–Trinajstić information content (AvgIpc) is 2.97. The maximum absolute atomic E-state index is 5.23. The molecular formula is C14H14N4O. The molecule has 3 rings (SSSR count). The van der Waals surface area contributed by atoms with Crippen LogP contribution in [0.15, 0.2) is 42.9 Å². The molecule has 3 aromatic rings. The molecule has 0 saturated heterocycles. The van der Waals surface area contributed by atoms with Crippen molar-refractivity contribution in [1.82, 2.24) is 15.2 Å². The van der Waals surface area contributed by atoms with Crippen molar-refractivity contribution in [3.8, 4) is 5.75 Å². The fraction of sp³-hybridized carbons (Fsp3) is 0.143. The molecule has 0 amide bonds. The van der Waals surface area contributed by atoms with Crippen LogP contribution >= 0.6 is 0 Å². The van der Waals surface area contributed by atoms with Crippen LogP contribution in [0.2, 0.25) is 0 Å². The lowest BCUT2D eigenvalue weighted by Gasteiger charge is -2.08. The average molecular weight is 254 g/mol. The van der Waals surface area contributed by atoms with Crippen molar-refractivity contribution in [1.29, 1.82) is 0 Å². The lowest BCUT2D eigenvalue weighted by molar-refractivity contribution is 0.415. The van der Waals surface area contributed by atoms with Gasteiger partial charge in [0, 0.05) is 29.9 Å². The highest BCUT2D eigenvalue weighted by Gasteiger charge is 2.03. The van der Waals surface area contributed by atoms with Crippen LogP contribution in [-0.2, 0) is 6.54 Å². The van der Waals surface area contributed by atoms with Gasteiger partial charge in [0.25, 0.3) is 0 Å². The molecule has 2 aromatic heterocycles. The van der Waals surface area contributed by atoms with E-state index in [2.05, 4.69) is 20.5 Å². The molecule has 0 bridgehead atoms. The Morgan fingerprint density at radius 1 is 1.32 bits per heavy atom. The number of anilines is 1. The fourth-order valence-corrected chi connectivity index (χ4v) is 1.98. The van der Waals surface area contributed by atoms with E-state index in [4.69, 9.17) is 4.74 Å². The SMILES string of the molecule is COc1ccc2c(NCc3cn[nH]c3)nccc2c1. The largest absolute Gasteiger partial charge is 0.497 e. The third-order valence-corrected chi connectivity index (χ3v) is 2.99. The van der Waals surface area contributed by atoms with Crippen molar-refractivity contribution in [3.63, 3.8) is 0 Å². The van der Waals surface area contributed by atoms with E-state index in [1.54, 1.807) is 19.5 Å². The van der Waals surface area contributed by atoms with Crippen molar-refractivity contribution >= 4 is 16.6 Å². The second kappa shape index (κ2) is 4.97. The number of benzene rings is 1. The van der Waals surface area contributed by atoms with Gasteiger partial charge in [0.15, 0.2) is 0 Å². The third-order valence-electron chi connectivity index (χ3n) is 2.99. The summed E-state index contributed by atoms with van der Waals surface area (Å²) in [7, 11) is 1.67. The van der Waals surface area contributed by atoms with Gasteiger partial charge in [-0.25, -0.2) is 4.98 Å². The van der Waals surface area contributed by atoms with Crippen LogP contribution < -0.4 is 10.1 Å². The lowest BCUT2D eigenvalue weighted by Crippen LogP contribution is -2.01. The summed E-state index contributed by atoms with van der Waals surface area (Å²) in [6.45, 7) is 0.689. The van der Waals surface area contributed by atoms with E-state index >= 15 is 0 Å². The van der Waals surface area contributed by atoms with E-state index in [0.29, 0.717) is 6.54 Å². The summed E-state index contributed by atoms with van der Waals surface area (Å²) in [4.78, 5) is 4.38. The summed E-state index contributed by atoms with van der Waals surface area (Å²) in [6, 6.07) is 7.92. The van der Waals surface area contributed by atoms with Gasteiger partial charge in [-0.05, 0) is 29.7 Å². The summed E-state index contributed by atoms with van der Waals surface area (Å²) in [5.41, 5.74) is 1.09. The van der Waals surface area contributed by atoms with Crippen molar-refractivity contribution < 1.29 is 4.74 Å². The zero-order valence-electron chi connectivity index (χ0n) is 10.6. The first-order chi connectivity index (χ1) is 9.36. The normalized spacial score (nSPS) is 10.6. The Morgan fingerprint density at radius 2 is 2.26 bits per heavy atom. The molecule has 0 spiro atoms. The molecule has 0 atom stereocenters. The van der Waals surface area contributed by atoms with E-state index in [1.807, 2.05) is 30.5 Å². The molecule has 0 saturated carbocycles. The molecule has 19 heavy (non-hydrogen) atoms. The second-order valence-electron chi connectivity index (χ2n) is 4.21. The Hall–Kier alpha value is -2.56. The minimum absolute atomic E-state index is 0.689. The van der Waals surface area contributed by atoms with Gasteiger partial charge in [-0.15, -0.1) is 0 Å². The molecule has 0 unspecified atom stereocenters. The van der Waals surface area contributed by atoms with Gasteiger partial charge in [0.2, 0.25) is 0 Å². The van der Waals surface area contributed by atoms with E-state index in [1.165, 1.54) is 0 Å². The van der Waals surface area contributed by atoms with Crippen molar-refractivity contribution in [2.24, 2.45) is 0 Å². The molecule has 96 valence electrons. The Labute approximate surface area is 110 Å². The number of hydrogen-bond acceptors (Lipinski definition) is 4.